The number of esters is 1. The number of ether oxygens (including phenoxy) is 1. The highest BCUT2D eigenvalue weighted by Crippen LogP contribution is 2.10. The summed E-state index contributed by atoms with van der Waals surface area (Å²) in [5.74, 6) is -0.126. The Morgan fingerprint density at radius 2 is 2.25 bits per heavy atom. The lowest BCUT2D eigenvalue weighted by molar-refractivity contribution is -0.140. The largest absolute Gasteiger partial charge is 0.469 e. The normalized spacial score (nSPS) is 20.8. The number of hydrogen-bond acceptors (Lipinski definition) is 4. The minimum Gasteiger partial charge on any atom is -0.469 e. The maximum atomic E-state index is 10.9. The second kappa shape index (κ2) is 6.48. The Morgan fingerprint density at radius 1 is 1.50 bits per heavy atom. The Morgan fingerprint density at radius 3 is 2.88 bits per heavy atom. The molecule has 5 nitrogen and oxygen atoms in total. The maximum Gasteiger partial charge on any atom is 0.305 e. The van der Waals surface area contributed by atoms with E-state index < -0.39 is 0 Å². The van der Waals surface area contributed by atoms with Crippen LogP contribution in [0.1, 0.15) is 26.2 Å². The van der Waals surface area contributed by atoms with Gasteiger partial charge in [0.05, 0.1) is 7.11 Å². The summed E-state index contributed by atoms with van der Waals surface area (Å²) < 4.78 is 4.57. The molecule has 1 aliphatic rings. The SMILES string of the molecule is COC(=O)CCCN1CCC(NC(C)=O)C1. The zero-order valence-electron chi connectivity index (χ0n) is 9.99. The summed E-state index contributed by atoms with van der Waals surface area (Å²) in [6, 6.07) is 0.274. The lowest BCUT2D eigenvalue weighted by Gasteiger charge is -2.15. The van der Waals surface area contributed by atoms with E-state index in [0.717, 1.165) is 32.5 Å². The van der Waals surface area contributed by atoms with Crippen LogP contribution >= 0.6 is 0 Å². The molecule has 1 amide bonds. The van der Waals surface area contributed by atoms with E-state index in [1.807, 2.05) is 0 Å². The second-order valence-corrected chi connectivity index (χ2v) is 4.17. The summed E-state index contributed by atoms with van der Waals surface area (Å²) in [5, 5.41) is 2.91. The molecule has 1 fully saturated rings. The van der Waals surface area contributed by atoms with E-state index in [2.05, 4.69) is 15.0 Å². The van der Waals surface area contributed by atoms with E-state index in [9.17, 15) is 9.59 Å². The van der Waals surface area contributed by atoms with Crippen LogP contribution in [0, 0.1) is 0 Å². The van der Waals surface area contributed by atoms with Gasteiger partial charge >= 0.3 is 5.97 Å². The molecule has 92 valence electrons. The van der Waals surface area contributed by atoms with E-state index in [0.29, 0.717) is 6.42 Å². The third kappa shape index (κ3) is 4.61. The average molecular weight is 228 g/mol. The van der Waals surface area contributed by atoms with Crippen molar-refractivity contribution in [3.8, 4) is 0 Å². The molecule has 0 aliphatic carbocycles. The molecular formula is C11H20N2O3. The van der Waals surface area contributed by atoms with Gasteiger partial charge in [-0.25, -0.2) is 0 Å². The van der Waals surface area contributed by atoms with Gasteiger partial charge in [-0.15, -0.1) is 0 Å². The first-order valence-corrected chi connectivity index (χ1v) is 5.68. The second-order valence-electron chi connectivity index (χ2n) is 4.17. The van der Waals surface area contributed by atoms with Gasteiger partial charge in [0.2, 0.25) is 5.91 Å². The van der Waals surface area contributed by atoms with Gasteiger partial charge in [0.1, 0.15) is 0 Å². The lowest BCUT2D eigenvalue weighted by Crippen LogP contribution is -2.35. The molecular weight excluding hydrogens is 208 g/mol. The number of methoxy groups -OCH3 is 1. The average Bonchev–Trinajstić information content (AvgIpc) is 2.64. The molecule has 0 aromatic carbocycles. The number of hydrogen-bond donors (Lipinski definition) is 1. The van der Waals surface area contributed by atoms with Crippen molar-refractivity contribution in [3.63, 3.8) is 0 Å². The van der Waals surface area contributed by atoms with Crippen molar-refractivity contribution in [1.82, 2.24) is 10.2 Å². The van der Waals surface area contributed by atoms with Crippen LogP contribution in [0.25, 0.3) is 0 Å². The predicted molar refractivity (Wildman–Crippen MR) is 59.9 cm³/mol. The van der Waals surface area contributed by atoms with Crippen molar-refractivity contribution >= 4 is 11.9 Å². The maximum absolute atomic E-state index is 10.9. The Labute approximate surface area is 96.1 Å². The highest BCUT2D eigenvalue weighted by atomic mass is 16.5. The topological polar surface area (TPSA) is 58.6 Å². The number of carbonyl (C=O) groups excluding carboxylic acids is 2. The molecule has 1 unspecified atom stereocenters. The summed E-state index contributed by atoms with van der Waals surface area (Å²) in [5.41, 5.74) is 0. The third-order valence-electron chi connectivity index (χ3n) is 2.76. The fraction of sp³-hybridized carbons (Fsp3) is 0.818. The Kier molecular flexibility index (Phi) is 5.25. The third-order valence-corrected chi connectivity index (χ3v) is 2.76. The van der Waals surface area contributed by atoms with E-state index in [4.69, 9.17) is 0 Å². The number of rotatable bonds is 5. The van der Waals surface area contributed by atoms with Gasteiger partial charge in [0, 0.05) is 32.5 Å². The van der Waals surface area contributed by atoms with Crippen LogP contribution < -0.4 is 5.32 Å². The van der Waals surface area contributed by atoms with E-state index in [-0.39, 0.29) is 17.9 Å². The summed E-state index contributed by atoms with van der Waals surface area (Å²) >= 11 is 0. The highest BCUT2D eigenvalue weighted by Gasteiger charge is 2.22. The minimum atomic E-state index is -0.155. The molecule has 0 aromatic rings. The highest BCUT2D eigenvalue weighted by molar-refractivity contribution is 5.73. The van der Waals surface area contributed by atoms with Gasteiger partial charge in [0.25, 0.3) is 0 Å². The summed E-state index contributed by atoms with van der Waals surface area (Å²) in [6.07, 6.45) is 2.29. The van der Waals surface area contributed by atoms with Gasteiger partial charge in [-0.3, -0.25) is 9.59 Å². The van der Waals surface area contributed by atoms with Crippen LogP contribution in [0.5, 0.6) is 0 Å². The van der Waals surface area contributed by atoms with Crippen LogP contribution in [0.15, 0.2) is 0 Å². The van der Waals surface area contributed by atoms with Gasteiger partial charge in [-0.05, 0) is 19.4 Å². The van der Waals surface area contributed by atoms with Crippen LogP contribution in [-0.4, -0.2) is 49.6 Å². The minimum absolute atomic E-state index is 0.0291. The molecule has 1 heterocycles. The Balaban J connectivity index is 2.12. The molecule has 1 atom stereocenters. The molecule has 1 saturated heterocycles. The molecule has 0 aromatic heterocycles. The number of nitrogens with one attached hydrogen (secondary N) is 1. The molecule has 0 bridgehead atoms. The molecule has 5 heteroatoms. The molecule has 0 saturated carbocycles. The molecule has 1 aliphatic heterocycles. The predicted octanol–water partition coefficient (Wildman–Crippen LogP) is 0.150. The number of nitrogens with zero attached hydrogens (tertiary/aromatic N) is 1. The Hall–Kier alpha value is -1.10. The van der Waals surface area contributed by atoms with Gasteiger partial charge < -0.3 is 15.0 Å². The van der Waals surface area contributed by atoms with Crippen LogP contribution in [0.2, 0.25) is 0 Å². The summed E-state index contributed by atoms with van der Waals surface area (Å²) in [7, 11) is 1.41. The fourth-order valence-electron chi connectivity index (χ4n) is 1.99. The monoisotopic (exact) mass is 228 g/mol. The Bertz CT molecular complexity index is 256. The van der Waals surface area contributed by atoms with E-state index >= 15 is 0 Å². The van der Waals surface area contributed by atoms with E-state index in [1.165, 1.54) is 7.11 Å². The van der Waals surface area contributed by atoms with Crippen molar-refractivity contribution < 1.29 is 14.3 Å². The molecule has 0 radical (unpaired) electrons. The van der Waals surface area contributed by atoms with Gasteiger partial charge in [-0.1, -0.05) is 0 Å². The summed E-state index contributed by atoms with van der Waals surface area (Å²) in [4.78, 5) is 24.0. The fourth-order valence-corrected chi connectivity index (χ4v) is 1.99. The van der Waals surface area contributed by atoms with Crippen molar-refractivity contribution in [2.75, 3.05) is 26.7 Å². The standard InChI is InChI=1S/C11H20N2O3/c1-9(14)12-10-5-7-13(8-10)6-3-4-11(15)16-2/h10H,3-8H2,1-2H3,(H,12,14). The van der Waals surface area contributed by atoms with E-state index in [1.54, 1.807) is 6.92 Å². The smallest absolute Gasteiger partial charge is 0.305 e. The number of likely N-dealkylation sites (tertiary alicyclic amines) is 1. The number of carbonyl (C=O) groups is 2. The van der Waals surface area contributed by atoms with Crippen molar-refractivity contribution in [2.24, 2.45) is 0 Å². The van der Waals surface area contributed by atoms with Crippen LogP contribution in [0.4, 0.5) is 0 Å². The zero-order valence-corrected chi connectivity index (χ0v) is 9.99. The van der Waals surface area contributed by atoms with Crippen LogP contribution in [-0.2, 0) is 14.3 Å². The summed E-state index contributed by atoms with van der Waals surface area (Å²) in [6.45, 7) is 4.32. The zero-order chi connectivity index (χ0) is 12.0. The van der Waals surface area contributed by atoms with Crippen molar-refractivity contribution in [3.05, 3.63) is 0 Å². The van der Waals surface area contributed by atoms with Crippen molar-refractivity contribution in [2.45, 2.75) is 32.2 Å². The first-order valence-electron chi connectivity index (χ1n) is 5.68. The molecule has 16 heavy (non-hydrogen) atoms. The van der Waals surface area contributed by atoms with Gasteiger partial charge in [0.15, 0.2) is 0 Å². The quantitative estimate of drug-likeness (QED) is 0.680. The first kappa shape index (κ1) is 13.0. The first-order chi connectivity index (χ1) is 7.61. The number of amides is 1. The van der Waals surface area contributed by atoms with Gasteiger partial charge in [-0.2, -0.15) is 0 Å². The lowest BCUT2D eigenvalue weighted by atomic mass is 10.2. The molecule has 0 spiro atoms. The van der Waals surface area contributed by atoms with Crippen molar-refractivity contribution in [1.29, 1.82) is 0 Å². The van der Waals surface area contributed by atoms with Crippen LogP contribution in [0.3, 0.4) is 0 Å². The molecule has 1 rings (SSSR count). The molecule has 1 N–H and O–H groups in total.